The number of nitrogens with one attached hydrogen (secondary N) is 1. The summed E-state index contributed by atoms with van der Waals surface area (Å²) in [7, 11) is 1.64. The lowest BCUT2D eigenvalue weighted by atomic mass is 9.83. The molecule has 2 atom stereocenters. The monoisotopic (exact) mass is 388 g/mol. The average Bonchev–Trinajstić information content (AvgIpc) is 3.14. The third-order valence-corrected chi connectivity index (χ3v) is 5.42. The summed E-state index contributed by atoms with van der Waals surface area (Å²) < 4.78 is 0. The van der Waals surface area contributed by atoms with Gasteiger partial charge in [0.2, 0.25) is 5.91 Å². The largest absolute Gasteiger partial charge is 0.341 e. The van der Waals surface area contributed by atoms with E-state index in [0.29, 0.717) is 13.1 Å². The highest BCUT2D eigenvalue weighted by atomic mass is 16.2. The fraction of sp³-hybridized carbons (Fsp3) is 0.261. The van der Waals surface area contributed by atoms with Gasteiger partial charge in [-0.1, -0.05) is 60.7 Å². The van der Waals surface area contributed by atoms with Crippen molar-refractivity contribution in [2.45, 2.75) is 13.0 Å². The van der Waals surface area contributed by atoms with Crippen molar-refractivity contribution >= 4 is 23.7 Å². The minimum atomic E-state index is -0.227. The van der Waals surface area contributed by atoms with Crippen LogP contribution in [0.2, 0.25) is 0 Å². The van der Waals surface area contributed by atoms with Crippen LogP contribution in [-0.2, 0) is 4.79 Å². The lowest BCUT2D eigenvalue weighted by Gasteiger charge is -2.35. The van der Waals surface area contributed by atoms with Crippen LogP contribution in [0.1, 0.15) is 24.1 Å². The smallest absolute Gasteiger partial charge is 0.317 e. The first kappa shape index (κ1) is 18.9. The number of likely N-dealkylation sites (tertiary alicyclic amines) is 1. The van der Waals surface area contributed by atoms with Crippen LogP contribution < -0.4 is 5.32 Å². The first-order valence-electron chi connectivity index (χ1n) is 9.74. The van der Waals surface area contributed by atoms with Crippen molar-refractivity contribution in [2.24, 2.45) is 11.0 Å². The number of hydrogen-bond acceptors (Lipinski definition) is 3. The molecule has 2 unspecified atom stereocenters. The number of benzene rings is 2. The van der Waals surface area contributed by atoms with E-state index < -0.39 is 0 Å². The van der Waals surface area contributed by atoms with E-state index in [-0.39, 0.29) is 23.9 Å². The highest BCUT2D eigenvalue weighted by Crippen LogP contribution is 2.40. The van der Waals surface area contributed by atoms with E-state index in [9.17, 15) is 9.59 Å². The molecule has 0 aliphatic carbocycles. The van der Waals surface area contributed by atoms with Gasteiger partial charge in [-0.05, 0) is 22.8 Å². The van der Waals surface area contributed by atoms with Crippen LogP contribution in [0.5, 0.6) is 0 Å². The number of nitrogens with zero attached hydrogens (tertiary/aromatic N) is 3. The standard InChI is InChI=1S/C23H24N4O2/c1-16(28)27-22(18-11-7-4-8-12-18)20-15-26(23(29)24-2)14-19(21(20)25-27)13-17-9-5-3-6-10-17/h3-13,20,22H,14-15H2,1-2H3,(H,24,29). The maximum Gasteiger partial charge on any atom is 0.317 e. The van der Waals surface area contributed by atoms with Crippen LogP contribution >= 0.6 is 0 Å². The number of carbonyl (C=O) groups excluding carboxylic acids is 2. The Hall–Kier alpha value is -3.41. The van der Waals surface area contributed by atoms with Crippen LogP contribution in [0.4, 0.5) is 4.79 Å². The number of rotatable bonds is 2. The third-order valence-electron chi connectivity index (χ3n) is 5.42. The van der Waals surface area contributed by atoms with Crippen molar-refractivity contribution in [1.29, 1.82) is 0 Å². The second-order valence-corrected chi connectivity index (χ2v) is 7.33. The molecule has 0 spiro atoms. The van der Waals surface area contributed by atoms with Gasteiger partial charge in [-0.2, -0.15) is 5.10 Å². The van der Waals surface area contributed by atoms with Gasteiger partial charge < -0.3 is 10.2 Å². The van der Waals surface area contributed by atoms with E-state index in [1.807, 2.05) is 60.7 Å². The molecule has 1 N–H and O–H groups in total. The van der Waals surface area contributed by atoms with Crippen molar-refractivity contribution < 1.29 is 9.59 Å². The summed E-state index contributed by atoms with van der Waals surface area (Å²) in [5.41, 5.74) is 3.91. The fourth-order valence-corrected chi connectivity index (χ4v) is 4.12. The first-order valence-corrected chi connectivity index (χ1v) is 9.74. The Kier molecular flexibility index (Phi) is 5.16. The molecule has 2 aliphatic rings. The normalized spacial score (nSPS) is 22.3. The summed E-state index contributed by atoms with van der Waals surface area (Å²) in [6.45, 7) is 2.50. The molecular formula is C23H24N4O2. The van der Waals surface area contributed by atoms with Gasteiger partial charge in [-0.3, -0.25) is 4.79 Å². The average molecular weight is 388 g/mol. The Bertz CT molecular complexity index is 969. The van der Waals surface area contributed by atoms with Gasteiger partial charge in [-0.15, -0.1) is 0 Å². The van der Waals surface area contributed by atoms with Crippen molar-refractivity contribution in [1.82, 2.24) is 15.2 Å². The Morgan fingerprint density at radius 2 is 1.72 bits per heavy atom. The van der Waals surface area contributed by atoms with Crippen LogP contribution in [0.25, 0.3) is 6.08 Å². The summed E-state index contributed by atoms with van der Waals surface area (Å²) >= 11 is 0. The summed E-state index contributed by atoms with van der Waals surface area (Å²) in [5, 5.41) is 9.04. The van der Waals surface area contributed by atoms with E-state index in [1.165, 1.54) is 6.92 Å². The second kappa shape index (κ2) is 7.91. The predicted octanol–water partition coefficient (Wildman–Crippen LogP) is 3.30. The molecule has 0 bridgehead atoms. The Labute approximate surface area is 170 Å². The zero-order valence-electron chi connectivity index (χ0n) is 16.6. The van der Waals surface area contributed by atoms with Gasteiger partial charge in [-0.25, -0.2) is 9.80 Å². The number of amides is 3. The van der Waals surface area contributed by atoms with Gasteiger partial charge in [0.1, 0.15) is 0 Å². The fourth-order valence-electron chi connectivity index (χ4n) is 4.12. The van der Waals surface area contributed by atoms with Crippen molar-refractivity contribution in [2.75, 3.05) is 20.1 Å². The third kappa shape index (κ3) is 3.66. The summed E-state index contributed by atoms with van der Waals surface area (Å²) in [5.74, 6) is -0.186. The first-order chi connectivity index (χ1) is 14.1. The van der Waals surface area contributed by atoms with Crippen molar-refractivity contribution in [3.05, 3.63) is 77.4 Å². The molecule has 0 radical (unpaired) electrons. The molecule has 4 rings (SSSR count). The molecule has 29 heavy (non-hydrogen) atoms. The van der Waals surface area contributed by atoms with E-state index in [2.05, 4.69) is 11.4 Å². The SMILES string of the molecule is CNC(=O)N1CC(=Cc2ccccc2)C2=NN(C(C)=O)C(c3ccccc3)C2C1. The van der Waals surface area contributed by atoms with E-state index >= 15 is 0 Å². The molecule has 1 fully saturated rings. The lowest BCUT2D eigenvalue weighted by Crippen LogP contribution is -2.49. The summed E-state index contributed by atoms with van der Waals surface area (Å²) in [6.07, 6.45) is 2.06. The number of fused-ring (bicyclic) bond motifs is 1. The molecule has 0 aromatic heterocycles. The highest BCUT2D eigenvalue weighted by molar-refractivity contribution is 6.09. The van der Waals surface area contributed by atoms with Gasteiger partial charge in [0.05, 0.1) is 11.8 Å². The maximum absolute atomic E-state index is 12.5. The molecule has 2 aromatic rings. The molecule has 6 nitrogen and oxygen atoms in total. The Morgan fingerprint density at radius 3 is 2.34 bits per heavy atom. The summed E-state index contributed by atoms with van der Waals surface area (Å²) in [4.78, 5) is 26.7. The molecule has 1 saturated heterocycles. The topological polar surface area (TPSA) is 65.0 Å². The highest BCUT2D eigenvalue weighted by Gasteiger charge is 2.45. The van der Waals surface area contributed by atoms with Crippen LogP contribution in [-0.4, -0.2) is 47.7 Å². The Morgan fingerprint density at radius 1 is 1.07 bits per heavy atom. The molecule has 0 saturated carbocycles. The molecule has 148 valence electrons. The van der Waals surface area contributed by atoms with Crippen LogP contribution in [0.3, 0.4) is 0 Å². The molecule has 3 amide bonds. The van der Waals surface area contributed by atoms with Crippen LogP contribution in [0, 0.1) is 5.92 Å². The lowest BCUT2D eigenvalue weighted by molar-refractivity contribution is -0.131. The Balaban J connectivity index is 1.80. The minimum Gasteiger partial charge on any atom is -0.341 e. The van der Waals surface area contributed by atoms with Gasteiger partial charge in [0.15, 0.2) is 0 Å². The number of hydrogen-bond donors (Lipinski definition) is 1. The quantitative estimate of drug-likeness (QED) is 0.858. The molecule has 2 heterocycles. The van der Waals surface area contributed by atoms with Crippen molar-refractivity contribution in [3.63, 3.8) is 0 Å². The molecule has 2 aliphatic heterocycles. The summed E-state index contributed by atoms with van der Waals surface area (Å²) in [6, 6.07) is 19.5. The zero-order chi connectivity index (χ0) is 20.4. The number of carbonyl (C=O) groups is 2. The molecular weight excluding hydrogens is 364 g/mol. The predicted molar refractivity (Wildman–Crippen MR) is 113 cm³/mol. The molecule has 6 heteroatoms. The van der Waals surface area contributed by atoms with E-state index in [1.54, 1.807) is 17.0 Å². The number of piperidine rings is 1. The van der Waals surface area contributed by atoms with E-state index in [4.69, 9.17) is 5.10 Å². The van der Waals surface area contributed by atoms with Crippen molar-refractivity contribution in [3.8, 4) is 0 Å². The second-order valence-electron chi connectivity index (χ2n) is 7.33. The minimum absolute atomic E-state index is 0.0812. The molecule has 2 aromatic carbocycles. The van der Waals surface area contributed by atoms with Crippen LogP contribution in [0.15, 0.2) is 71.3 Å². The maximum atomic E-state index is 12.5. The van der Waals surface area contributed by atoms with Gasteiger partial charge in [0.25, 0.3) is 0 Å². The number of urea groups is 1. The van der Waals surface area contributed by atoms with Gasteiger partial charge >= 0.3 is 6.03 Å². The van der Waals surface area contributed by atoms with E-state index in [0.717, 1.165) is 22.4 Å². The van der Waals surface area contributed by atoms with Gasteiger partial charge in [0, 0.05) is 33.0 Å². The number of hydrazone groups is 1. The zero-order valence-corrected chi connectivity index (χ0v) is 16.6.